The predicted molar refractivity (Wildman–Crippen MR) is 135 cm³/mol. The van der Waals surface area contributed by atoms with Gasteiger partial charge in [0.25, 0.3) is 0 Å². The lowest BCUT2D eigenvalue weighted by atomic mass is 9.69. The summed E-state index contributed by atoms with van der Waals surface area (Å²) < 4.78 is 6.16. The van der Waals surface area contributed by atoms with Gasteiger partial charge in [-0.25, -0.2) is 0 Å². The van der Waals surface area contributed by atoms with E-state index in [2.05, 4.69) is 89.8 Å². The topological polar surface area (TPSA) is 12.5 Å². The lowest BCUT2D eigenvalue weighted by molar-refractivity contribution is 0.0596. The van der Waals surface area contributed by atoms with Crippen molar-refractivity contribution in [2.45, 2.75) is 43.6 Å². The van der Waals surface area contributed by atoms with Crippen molar-refractivity contribution in [2.75, 3.05) is 26.2 Å². The Morgan fingerprint density at radius 2 is 1.47 bits per heavy atom. The summed E-state index contributed by atoms with van der Waals surface area (Å²) in [6.07, 6.45) is 4.88. The number of likely N-dealkylation sites (tertiary alicyclic amines) is 1. The molecule has 1 atom stereocenters. The minimum absolute atomic E-state index is 0. The highest BCUT2D eigenvalue weighted by Crippen LogP contribution is 2.42. The second-order valence-corrected chi connectivity index (χ2v) is 9.23. The molecule has 0 spiro atoms. The first-order valence-electron chi connectivity index (χ1n) is 11.8. The van der Waals surface area contributed by atoms with Crippen LogP contribution in [0.5, 0.6) is 0 Å². The van der Waals surface area contributed by atoms with Crippen LogP contribution in [0.25, 0.3) is 0 Å². The van der Waals surface area contributed by atoms with E-state index >= 15 is 0 Å². The van der Waals surface area contributed by atoms with Crippen LogP contribution in [0.1, 0.15) is 53.9 Å². The zero-order chi connectivity index (χ0) is 20.9. The molecule has 0 aromatic heterocycles. The Balaban J connectivity index is 0.00000245. The third kappa shape index (κ3) is 4.78. The van der Waals surface area contributed by atoms with Crippen LogP contribution >= 0.6 is 12.4 Å². The summed E-state index contributed by atoms with van der Waals surface area (Å²) in [5.41, 5.74) is 5.70. The van der Waals surface area contributed by atoms with Gasteiger partial charge in [-0.15, -0.1) is 12.4 Å². The van der Waals surface area contributed by atoms with Crippen molar-refractivity contribution in [3.05, 3.63) is 107 Å². The molecule has 5 rings (SSSR count). The van der Waals surface area contributed by atoms with Crippen LogP contribution in [0.3, 0.4) is 0 Å². The highest BCUT2D eigenvalue weighted by atomic mass is 35.5. The third-order valence-corrected chi connectivity index (χ3v) is 7.40. The van der Waals surface area contributed by atoms with Gasteiger partial charge in [-0.2, -0.15) is 0 Å². The van der Waals surface area contributed by atoms with Gasteiger partial charge in [0, 0.05) is 5.41 Å². The van der Waals surface area contributed by atoms with Crippen molar-refractivity contribution in [3.8, 4) is 0 Å². The number of benzene rings is 3. The molecule has 2 aliphatic heterocycles. The number of hydrogen-bond acceptors (Lipinski definition) is 2. The quantitative estimate of drug-likeness (QED) is 0.423. The average molecular weight is 448 g/mol. The van der Waals surface area contributed by atoms with E-state index < -0.39 is 0 Å². The lowest BCUT2D eigenvalue weighted by Gasteiger charge is -2.40. The van der Waals surface area contributed by atoms with Gasteiger partial charge in [-0.1, -0.05) is 84.9 Å². The maximum absolute atomic E-state index is 6.16. The number of halogens is 1. The van der Waals surface area contributed by atoms with Crippen molar-refractivity contribution in [1.82, 2.24) is 4.90 Å². The number of nitrogens with zero attached hydrogens (tertiary/aromatic N) is 1. The first kappa shape index (κ1) is 23.0. The van der Waals surface area contributed by atoms with Crippen LogP contribution in [0.2, 0.25) is 0 Å². The molecule has 1 fully saturated rings. The fourth-order valence-corrected chi connectivity index (χ4v) is 5.69. The molecular formula is C29H34ClNO. The molecule has 2 aliphatic rings. The SMILES string of the molecule is Cl.c1ccc(C2CCN(CCCC3(c4ccccc4)COCc4ccccc43)CC2)cc1. The normalized spacial score (nSPS) is 21.5. The molecule has 1 saturated heterocycles. The lowest BCUT2D eigenvalue weighted by Crippen LogP contribution is -2.39. The maximum Gasteiger partial charge on any atom is 0.0720 e. The number of ether oxygens (including phenoxy) is 1. The molecule has 0 radical (unpaired) electrons. The van der Waals surface area contributed by atoms with E-state index in [0.29, 0.717) is 0 Å². The summed E-state index contributed by atoms with van der Waals surface area (Å²) >= 11 is 0. The van der Waals surface area contributed by atoms with E-state index in [1.165, 1.54) is 61.2 Å². The largest absolute Gasteiger partial charge is 0.375 e. The Bertz CT molecular complexity index is 969. The van der Waals surface area contributed by atoms with E-state index in [-0.39, 0.29) is 17.8 Å². The molecule has 32 heavy (non-hydrogen) atoms. The van der Waals surface area contributed by atoms with E-state index in [1.807, 2.05) is 0 Å². The van der Waals surface area contributed by atoms with Gasteiger partial charge in [0.2, 0.25) is 0 Å². The number of rotatable bonds is 6. The zero-order valence-electron chi connectivity index (χ0n) is 18.8. The summed E-state index contributed by atoms with van der Waals surface area (Å²) in [5.74, 6) is 0.728. The Morgan fingerprint density at radius 1 is 0.812 bits per heavy atom. The summed E-state index contributed by atoms with van der Waals surface area (Å²) in [6, 6.07) is 31.0. The predicted octanol–water partition coefficient (Wildman–Crippen LogP) is 6.58. The Hall–Kier alpha value is -2.13. The van der Waals surface area contributed by atoms with Crippen molar-refractivity contribution in [3.63, 3.8) is 0 Å². The van der Waals surface area contributed by atoms with Crippen LogP contribution < -0.4 is 0 Å². The van der Waals surface area contributed by atoms with Crippen molar-refractivity contribution in [2.24, 2.45) is 0 Å². The van der Waals surface area contributed by atoms with Crippen LogP contribution in [-0.4, -0.2) is 31.1 Å². The molecule has 0 aliphatic carbocycles. The van der Waals surface area contributed by atoms with Crippen molar-refractivity contribution < 1.29 is 4.74 Å². The highest BCUT2D eigenvalue weighted by Gasteiger charge is 2.38. The second kappa shape index (κ2) is 10.7. The third-order valence-electron chi connectivity index (χ3n) is 7.40. The van der Waals surface area contributed by atoms with Crippen LogP contribution in [0, 0.1) is 0 Å². The fraction of sp³-hybridized carbons (Fsp3) is 0.379. The fourth-order valence-electron chi connectivity index (χ4n) is 5.69. The van der Waals surface area contributed by atoms with Gasteiger partial charge in [-0.3, -0.25) is 0 Å². The molecule has 168 valence electrons. The molecule has 0 saturated carbocycles. The average Bonchev–Trinajstić information content (AvgIpc) is 2.86. The van der Waals surface area contributed by atoms with E-state index in [9.17, 15) is 0 Å². The minimum Gasteiger partial charge on any atom is -0.375 e. The standard InChI is InChI=1S/C29H33NO.ClH/c1-3-10-24(11-4-1)25-16-20-30(21-17-25)19-9-18-29(27-13-5-2-6-14-27)23-31-22-26-12-7-8-15-28(26)29;/h1-8,10-15,25H,9,16-23H2;1H. The van der Waals surface area contributed by atoms with Gasteiger partial charge in [-0.05, 0) is 73.5 Å². The first-order valence-corrected chi connectivity index (χ1v) is 11.8. The van der Waals surface area contributed by atoms with Crippen molar-refractivity contribution in [1.29, 1.82) is 0 Å². The van der Waals surface area contributed by atoms with Gasteiger partial charge < -0.3 is 9.64 Å². The second-order valence-electron chi connectivity index (χ2n) is 9.23. The Labute approximate surface area is 199 Å². The van der Waals surface area contributed by atoms with E-state index in [1.54, 1.807) is 0 Å². The molecular weight excluding hydrogens is 414 g/mol. The minimum atomic E-state index is -0.0293. The molecule has 3 aromatic carbocycles. The molecule has 0 N–H and O–H groups in total. The highest BCUT2D eigenvalue weighted by molar-refractivity contribution is 5.85. The van der Waals surface area contributed by atoms with E-state index in [0.717, 1.165) is 25.6 Å². The molecule has 3 aromatic rings. The maximum atomic E-state index is 6.16. The molecule has 0 amide bonds. The van der Waals surface area contributed by atoms with Crippen LogP contribution in [-0.2, 0) is 16.8 Å². The van der Waals surface area contributed by atoms with Gasteiger partial charge >= 0.3 is 0 Å². The van der Waals surface area contributed by atoms with Gasteiger partial charge in [0.05, 0.1) is 13.2 Å². The molecule has 2 heterocycles. The Morgan fingerprint density at radius 3 is 2.22 bits per heavy atom. The van der Waals surface area contributed by atoms with Gasteiger partial charge in [0.15, 0.2) is 0 Å². The smallest absolute Gasteiger partial charge is 0.0720 e. The molecule has 3 heteroatoms. The summed E-state index contributed by atoms with van der Waals surface area (Å²) in [6.45, 7) is 5.12. The van der Waals surface area contributed by atoms with Crippen molar-refractivity contribution >= 4 is 12.4 Å². The Kier molecular flexibility index (Phi) is 7.67. The molecule has 0 bridgehead atoms. The molecule has 1 unspecified atom stereocenters. The van der Waals surface area contributed by atoms with Crippen LogP contribution in [0.4, 0.5) is 0 Å². The summed E-state index contributed by atoms with van der Waals surface area (Å²) in [7, 11) is 0. The number of fused-ring (bicyclic) bond motifs is 1. The number of hydrogen-bond donors (Lipinski definition) is 0. The summed E-state index contributed by atoms with van der Waals surface area (Å²) in [4.78, 5) is 2.67. The number of piperidine rings is 1. The van der Waals surface area contributed by atoms with Gasteiger partial charge in [0.1, 0.15) is 0 Å². The zero-order valence-corrected chi connectivity index (χ0v) is 19.6. The van der Waals surface area contributed by atoms with E-state index in [4.69, 9.17) is 4.74 Å². The molecule has 2 nitrogen and oxygen atoms in total. The summed E-state index contributed by atoms with van der Waals surface area (Å²) in [5, 5.41) is 0. The first-order chi connectivity index (χ1) is 15.4. The van der Waals surface area contributed by atoms with Crippen LogP contribution in [0.15, 0.2) is 84.9 Å². The monoisotopic (exact) mass is 447 g/mol.